The highest BCUT2D eigenvalue weighted by molar-refractivity contribution is 3.86. The summed E-state index contributed by atoms with van der Waals surface area (Å²) in [7, 11) is 0.500. The predicted octanol–water partition coefficient (Wildman–Crippen LogP) is 6.85. The number of halogens is 7. The molecule has 0 amide bonds. The molecule has 0 radical (unpaired) electrons. The van der Waals surface area contributed by atoms with Crippen LogP contribution >= 0.6 is 0 Å². The Balaban J connectivity index is -0.00000000766. The lowest BCUT2D eigenvalue weighted by Gasteiger charge is -1.45. The highest BCUT2D eigenvalue weighted by atomic mass is 19.3. The fraction of sp³-hybridized carbons (Fsp3) is 1.00. The van der Waals surface area contributed by atoms with E-state index in [1.807, 2.05) is 0 Å². The molecule has 0 rings (SSSR count). The van der Waals surface area contributed by atoms with Crippen LogP contribution in [-0.4, -0.2) is 34.4 Å². The molecule has 0 aromatic carbocycles. The van der Waals surface area contributed by atoms with Gasteiger partial charge < -0.3 is 0 Å². The van der Waals surface area contributed by atoms with E-state index in [1.165, 1.54) is 13.8 Å². The Kier molecular flexibility index (Phi) is 1180. The van der Waals surface area contributed by atoms with Crippen LogP contribution in [0.25, 0.3) is 0 Å². The summed E-state index contributed by atoms with van der Waals surface area (Å²) in [5, 5.41) is 0. The van der Waals surface area contributed by atoms with Gasteiger partial charge in [-0.1, -0.05) is 29.7 Å². The lowest BCUT2D eigenvalue weighted by molar-refractivity contribution is 0.295. The number of alkyl halides is 7. The topological polar surface area (TPSA) is 0 Å². The standard InChI is InChI=1S/2C2H5F.2CH2F2.CH3F.4CH4/c2*1-2-3;2*2-1-3;1-2;;;;/h2*2H2,1H3;2*1H2;1H3;4*1H4. The predicted molar refractivity (Wildman–Crippen MR) is 71.4 cm³/mol. The quantitative estimate of drug-likeness (QED) is 0.429. The number of hydrogen-bond acceptors (Lipinski definition) is 0. The molecule has 18 heavy (non-hydrogen) atoms. The van der Waals surface area contributed by atoms with Gasteiger partial charge in [0, 0.05) is 0 Å². The minimum absolute atomic E-state index is 0. The normalized spacial score (nSPS) is 4.33. The molecule has 0 heterocycles. The summed E-state index contributed by atoms with van der Waals surface area (Å²) >= 11 is 0. The molecular weight excluding hydrogens is 265 g/mol. The van der Waals surface area contributed by atoms with Crippen molar-refractivity contribution in [3.05, 3.63) is 0 Å². The summed E-state index contributed by atoms with van der Waals surface area (Å²) < 4.78 is 68.6. The molecule has 0 aromatic heterocycles. The van der Waals surface area contributed by atoms with E-state index in [4.69, 9.17) is 0 Å². The van der Waals surface area contributed by atoms with Crippen molar-refractivity contribution in [2.75, 3.05) is 34.4 Å². The van der Waals surface area contributed by atoms with Crippen LogP contribution in [0.15, 0.2) is 0 Å². The third-order valence-corrected chi connectivity index (χ3v) is 0. The fourth-order valence-corrected chi connectivity index (χ4v) is 0. The molecule has 7 heteroatoms. The van der Waals surface area contributed by atoms with E-state index in [9.17, 15) is 30.7 Å². The van der Waals surface area contributed by atoms with Crippen molar-refractivity contribution in [2.24, 2.45) is 0 Å². The minimum atomic E-state index is -1.75. The van der Waals surface area contributed by atoms with Crippen LogP contribution in [0, 0.1) is 0 Å². The Labute approximate surface area is 110 Å². The van der Waals surface area contributed by atoms with E-state index in [2.05, 4.69) is 0 Å². The van der Waals surface area contributed by atoms with Crippen molar-refractivity contribution in [3.8, 4) is 0 Å². The molecule has 0 saturated heterocycles. The van der Waals surface area contributed by atoms with Gasteiger partial charge in [-0.25, -0.2) is 17.6 Å². The summed E-state index contributed by atoms with van der Waals surface area (Å²) in [6.07, 6.45) is 0. The first kappa shape index (κ1) is 65.9. The van der Waals surface area contributed by atoms with E-state index in [0.29, 0.717) is 7.18 Å². The zero-order chi connectivity index (χ0) is 12.8. The van der Waals surface area contributed by atoms with Crippen LogP contribution in [0.3, 0.4) is 0 Å². The van der Waals surface area contributed by atoms with Gasteiger partial charge in [0.25, 0.3) is 0 Å². The van der Waals surface area contributed by atoms with Gasteiger partial charge in [0.2, 0.25) is 13.9 Å². The SMILES string of the molecule is C.C.C.C.CCF.CCF.CF.FCF.FCF. The highest BCUT2D eigenvalue weighted by Crippen LogP contribution is 1.56. The first-order valence-electron chi connectivity index (χ1n) is 3.40. The third-order valence-electron chi connectivity index (χ3n) is 0. The van der Waals surface area contributed by atoms with Crippen LogP contribution in [0.5, 0.6) is 0 Å². The molecule has 0 atom stereocenters. The molecule has 0 nitrogen and oxygen atoms in total. The van der Waals surface area contributed by atoms with Gasteiger partial charge in [0.05, 0.1) is 20.5 Å². The Morgan fingerprint density at radius 3 is 0.500 bits per heavy atom. The highest BCUT2D eigenvalue weighted by Gasteiger charge is 1.44. The second kappa shape index (κ2) is 322. The third kappa shape index (κ3) is 13600. The minimum Gasteiger partial charge on any atom is -0.255 e. The Hall–Kier alpha value is -0.490. The van der Waals surface area contributed by atoms with E-state index in [-0.39, 0.29) is 43.1 Å². The van der Waals surface area contributed by atoms with E-state index >= 15 is 0 Å². The summed E-state index contributed by atoms with van der Waals surface area (Å²) in [6.45, 7) is -1.08. The van der Waals surface area contributed by atoms with Gasteiger partial charge in [-0.3, -0.25) is 13.2 Å². The lowest BCUT2D eigenvalue weighted by Crippen LogP contribution is -1.40. The lowest BCUT2D eigenvalue weighted by atomic mass is 10.9. The summed E-state index contributed by atoms with van der Waals surface area (Å²) in [4.78, 5) is 0. The molecule has 0 spiro atoms. The van der Waals surface area contributed by atoms with E-state index in [0.717, 1.165) is 0 Å². The molecule has 0 aliphatic rings. The van der Waals surface area contributed by atoms with E-state index < -0.39 is 13.9 Å². The maximum Gasteiger partial charge on any atom is 0.229 e. The Morgan fingerprint density at radius 2 is 0.500 bits per heavy atom. The van der Waals surface area contributed by atoms with Gasteiger partial charge in [-0.05, 0) is 13.8 Å². The molecule has 126 valence electrons. The maximum absolute atomic E-state index is 10.3. The van der Waals surface area contributed by atoms with Crippen LogP contribution in [-0.2, 0) is 0 Å². The number of rotatable bonds is 0. The molecule has 0 aromatic rings. The zero-order valence-corrected chi connectivity index (χ0v) is 8.47. The van der Waals surface area contributed by atoms with Crippen LogP contribution in [0.2, 0.25) is 0 Å². The second-order valence-corrected chi connectivity index (χ2v) is 0.737. The molecular formula is C11H33F7. The van der Waals surface area contributed by atoms with Crippen molar-refractivity contribution in [1.29, 1.82) is 0 Å². The van der Waals surface area contributed by atoms with Crippen molar-refractivity contribution in [3.63, 3.8) is 0 Å². The largest absolute Gasteiger partial charge is 0.255 e. The fourth-order valence-electron chi connectivity index (χ4n) is 0. The first-order valence-corrected chi connectivity index (χ1v) is 3.40. The molecule has 0 saturated carbocycles. The van der Waals surface area contributed by atoms with Crippen molar-refractivity contribution in [1.82, 2.24) is 0 Å². The number of hydrogen-bond donors (Lipinski definition) is 0. The Bertz CT molecular complexity index is 25.4. The monoisotopic (exact) mass is 298 g/mol. The smallest absolute Gasteiger partial charge is 0.229 e. The van der Waals surface area contributed by atoms with Gasteiger partial charge in [-0.2, -0.15) is 0 Å². The van der Waals surface area contributed by atoms with Gasteiger partial charge >= 0.3 is 0 Å². The van der Waals surface area contributed by atoms with E-state index in [1.54, 1.807) is 0 Å². The van der Waals surface area contributed by atoms with Crippen LogP contribution < -0.4 is 0 Å². The van der Waals surface area contributed by atoms with Crippen molar-refractivity contribution < 1.29 is 30.7 Å². The maximum atomic E-state index is 10.3. The molecule has 0 aliphatic heterocycles. The summed E-state index contributed by atoms with van der Waals surface area (Å²) in [6, 6.07) is 0. The van der Waals surface area contributed by atoms with Crippen LogP contribution in [0.1, 0.15) is 43.6 Å². The van der Waals surface area contributed by atoms with Gasteiger partial charge in [0.1, 0.15) is 0 Å². The average molecular weight is 298 g/mol. The summed E-state index contributed by atoms with van der Waals surface area (Å²) in [5.41, 5.74) is 0. The molecule has 0 aliphatic carbocycles. The summed E-state index contributed by atoms with van der Waals surface area (Å²) in [5.74, 6) is 0. The zero-order valence-electron chi connectivity index (χ0n) is 8.47. The second-order valence-electron chi connectivity index (χ2n) is 0.737. The molecule has 0 N–H and O–H groups in total. The van der Waals surface area contributed by atoms with Crippen molar-refractivity contribution >= 4 is 0 Å². The van der Waals surface area contributed by atoms with Gasteiger partial charge in [0.15, 0.2) is 0 Å². The Morgan fingerprint density at radius 1 is 0.500 bits per heavy atom. The van der Waals surface area contributed by atoms with Crippen molar-refractivity contribution in [2.45, 2.75) is 43.6 Å². The molecule has 0 fully saturated rings. The average Bonchev–Trinajstić information content (AvgIpc) is 2.12. The van der Waals surface area contributed by atoms with Gasteiger partial charge in [-0.15, -0.1) is 0 Å². The molecule has 0 bridgehead atoms. The first-order chi connectivity index (χ1) is 6.66. The van der Waals surface area contributed by atoms with Crippen LogP contribution in [0.4, 0.5) is 30.7 Å². The molecule has 0 unspecified atom stereocenters.